The van der Waals surface area contributed by atoms with E-state index in [2.05, 4.69) is 5.10 Å². The van der Waals surface area contributed by atoms with Crippen LogP contribution in [-0.2, 0) is 23.8 Å². The molecular formula is C24H23F4N3O2. The molecule has 0 amide bonds. The molecule has 1 aliphatic rings. The molecule has 0 spiro atoms. The number of hydrogen-bond donors (Lipinski definition) is 1. The van der Waals surface area contributed by atoms with E-state index in [0.29, 0.717) is 30.0 Å². The number of aromatic nitrogens is 2. The minimum Gasteiger partial charge on any atom is -0.389 e. The number of ketones is 1. The van der Waals surface area contributed by atoms with Gasteiger partial charge in [0.15, 0.2) is 5.69 Å². The summed E-state index contributed by atoms with van der Waals surface area (Å²) in [4.78, 5) is 14.2. The van der Waals surface area contributed by atoms with Crippen molar-refractivity contribution < 1.29 is 27.5 Å². The number of rotatable bonds is 7. The van der Waals surface area contributed by atoms with Crippen LogP contribution in [0.15, 0.2) is 48.5 Å². The molecule has 1 N–H and O–H groups in total. The van der Waals surface area contributed by atoms with E-state index in [1.165, 1.54) is 10.7 Å². The lowest BCUT2D eigenvalue weighted by atomic mass is 10.0. The summed E-state index contributed by atoms with van der Waals surface area (Å²) < 4.78 is 55.3. The predicted molar refractivity (Wildman–Crippen MR) is 115 cm³/mol. The fourth-order valence-electron chi connectivity index (χ4n) is 3.87. The third kappa shape index (κ3) is 5.24. The number of carbonyl (C=O) groups is 1. The zero-order valence-electron chi connectivity index (χ0n) is 17.9. The molecule has 174 valence electrons. The molecule has 33 heavy (non-hydrogen) atoms. The molecule has 0 aliphatic carbocycles. The van der Waals surface area contributed by atoms with Crippen molar-refractivity contribution in [1.82, 2.24) is 9.78 Å². The van der Waals surface area contributed by atoms with Crippen molar-refractivity contribution in [3.05, 3.63) is 76.9 Å². The van der Waals surface area contributed by atoms with Gasteiger partial charge < -0.3 is 10.0 Å². The minimum atomic E-state index is -4.60. The van der Waals surface area contributed by atoms with Gasteiger partial charge in [-0.3, -0.25) is 4.79 Å². The van der Waals surface area contributed by atoms with Crippen molar-refractivity contribution in [2.24, 2.45) is 0 Å². The predicted octanol–water partition coefficient (Wildman–Crippen LogP) is 4.26. The van der Waals surface area contributed by atoms with E-state index in [-0.39, 0.29) is 30.7 Å². The van der Waals surface area contributed by atoms with Gasteiger partial charge in [0.05, 0.1) is 17.5 Å². The molecule has 0 saturated carbocycles. The van der Waals surface area contributed by atoms with Gasteiger partial charge >= 0.3 is 6.18 Å². The monoisotopic (exact) mass is 461 g/mol. The van der Waals surface area contributed by atoms with Gasteiger partial charge in [-0.05, 0) is 54.8 Å². The highest BCUT2D eigenvalue weighted by molar-refractivity contribution is 5.81. The lowest BCUT2D eigenvalue weighted by Gasteiger charge is -2.38. The van der Waals surface area contributed by atoms with E-state index in [9.17, 15) is 27.5 Å². The molecular weight excluding hydrogens is 438 g/mol. The number of anilines is 1. The second-order valence-electron chi connectivity index (χ2n) is 8.33. The molecule has 3 aromatic rings. The topological polar surface area (TPSA) is 58.4 Å². The van der Waals surface area contributed by atoms with Gasteiger partial charge in [0.25, 0.3) is 0 Å². The van der Waals surface area contributed by atoms with Gasteiger partial charge in [0.1, 0.15) is 11.6 Å². The average molecular weight is 461 g/mol. The first-order valence-corrected chi connectivity index (χ1v) is 10.6. The van der Waals surface area contributed by atoms with Crippen LogP contribution in [0.25, 0.3) is 5.69 Å². The van der Waals surface area contributed by atoms with E-state index >= 15 is 0 Å². The molecule has 2 heterocycles. The van der Waals surface area contributed by atoms with Crippen LogP contribution in [0.3, 0.4) is 0 Å². The van der Waals surface area contributed by atoms with Gasteiger partial charge in [-0.25, -0.2) is 9.07 Å². The summed E-state index contributed by atoms with van der Waals surface area (Å²) in [5.74, 6) is -0.688. The van der Waals surface area contributed by atoms with Crippen LogP contribution < -0.4 is 4.90 Å². The first-order chi connectivity index (χ1) is 15.6. The highest BCUT2D eigenvalue weighted by Gasteiger charge is 2.35. The van der Waals surface area contributed by atoms with Crippen molar-refractivity contribution >= 4 is 11.5 Å². The maximum atomic E-state index is 14.4. The van der Waals surface area contributed by atoms with Crippen LogP contribution in [0.4, 0.5) is 23.2 Å². The Morgan fingerprint density at radius 3 is 2.55 bits per heavy atom. The van der Waals surface area contributed by atoms with Crippen LogP contribution >= 0.6 is 0 Å². The average Bonchev–Trinajstić information content (AvgIpc) is 3.15. The fourth-order valence-corrected chi connectivity index (χ4v) is 3.87. The standard InChI is InChI=1S/C24H23F4N3O2/c1-15-3-2-4-17(9-15)31-18(12-23(29-31)24(26,27)28)6-7-19(32)10-16-5-8-22(21(25)11-16)30-13-20(33)14-30/h2-5,8-9,11-12,20,33H,6-7,10,13-14H2,1H3. The Morgan fingerprint density at radius 1 is 1.15 bits per heavy atom. The van der Waals surface area contributed by atoms with Gasteiger partial charge in [-0.2, -0.15) is 18.3 Å². The van der Waals surface area contributed by atoms with E-state index in [1.54, 1.807) is 35.2 Å². The maximum absolute atomic E-state index is 14.4. The summed E-state index contributed by atoms with van der Waals surface area (Å²) in [6, 6.07) is 12.4. The molecule has 0 radical (unpaired) electrons. The van der Waals surface area contributed by atoms with Gasteiger partial charge in [-0.1, -0.05) is 18.2 Å². The normalized spacial score (nSPS) is 14.4. The van der Waals surface area contributed by atoms with Crippen molar-refractivity contribution in [3.63, 3.8) is 0 Å². The fraction of sp³-hybridized carbons (Fsp3) is 0.333. The maximum Gasteiger partial charge on any atom is 0.435 e. The first-order valence-electron chi connectivity index (χ1n) is 10.6. The third-order valence-electron chi connectivity index (χ3n) is 5.60. The Morgan fingerprint density at radius 2 is 1.91 bits per heavy atom. The number of halogens is 4. The highest BCUT2D eigenvalue weighted by atomic mass is 19.4. The summed E-state index contributed by atoms with van der Waals surface area (Å²) in [6.07, 6.45) is -5.01. The molecule has 4 rings (SSSR count). The largest absolute Gasteiger partial charge is 0.435 e. The molecule has 1 saturated heterocycles. The van der Waals surface area contributed by atoms with Gasteiger partial charge in [0.2, 0.25) is 0 Å². The molecule has 1 aliphatic heterocycles. The molecule has 5 nitrogen and oxygen atoms in total. The summed E-state index contributed by atoms with van der Waals surface area (Å²) >= 11 is 0. The molecule has 0 unspecified atom stereocenters. The number of Topliss-reactive ketones (excluding diaryl/α,β-unsaturated/α-hetero) is 1. The summed E-state index contributed by atoms with van der Waals surface area (Å²) in [6.45, 7) is 2.56. The molecule has 0 bridgehead atoms. The second-order valence-corrected chi connectivity index (χ2v) is 8.33. The number of aliphatic hydroxyl groups excluding tert-OH is 1. The molecule has 1 aromatic heterocycles. The number of β-amino-alcohol motifs (C(OH)–C–C–N with tert-alkyl or cyclic N) is 1. The van der Waals surface area contributed by atoms with E-state index in [1.807, 2.05) is 13.0 Å². The third-order valence-corrected chi connectivity index (χ3v) is 5.60. The zero-order valence-corrected chi connectivity index (χ0v) is 17.9. The number of aryl methyl sites for hydroxylation is 2. The Kier molecular flexibility index (Phi) is 6.25. The number of carbonyl (C=O) groups excluding carboxylic acids is 1. The minimum absolute atomic E-state index is 0.00348. The SMILES string of the molecule is Cc1cccc(-n2nc(C(F)(F)F)cc2CCC(=O)Cc2ccc(N3CC(O)C3)c(F)c2)c1. The number of aliphatic hydroxyl groups is 1. The summed E-state index contributed by atoms with van der Waals surface area (Å²) in [5, 5.41) is 13.1. The number of alkyl halides is 3. The van der Waals surface area contributed by atoms with E-state index < -0.39 is 23.8 Å². The molecule has 2 aromatic carbocycles. The van der Waals surface area contributed by atoms with Crippen molar-refractivity contribution in [2.45, 2.75) is 38.5 Å². The molecule has 9 heteroatoms. The smallest absolute Gasteiger partial charge is 0.389 e. The van der Waals surface area contributed by atoms with Crippen LogP contribution in [-0.4, -0.2) is 39.9 Å². The zero-order chi connectivity index (χ0) is 23.8. The summed E-state index contributed by atoms with van der Waals surface area (Å²) in [5.41, 5.74) is 1.49. The van der Waals surface area contributed by atoms with Crippen molar-refractivity contribution in [3.8, 4) is 5.69 Å². The quantitative estimate of drug-likeness (QED) is 0.534. The van der Waals surface area contributed by atoms with Crippen LogP contribution in [0.5, 0.6) is 0 Å². The Labute approximate surface area is 188 Å². The van der Waals surface area contributed by atoms with E-state index in [0.717, 1.165) is 11.6 Å². The number of nitrogens with zero attached hydrogens (tertiary/aromatic N) is 3. The van der Waals surface area contributed by atoms with Crippen LogP contribution in [0.2, 0.25) is 0 Å². The Bertz CT molecular complexity index is 1170. The van der Waals surface area contributed by atoms with Crippen LogP contribution in [0.1, 0.15) is 28.9 Å². The summed E-state index contributed by atoms with van der Waals surface area (Å²) in [7, 11) is 0. The van der Waals surface area contributed by atoms with Gasteiger partial charge in [-0.15, -0.1) is 0 Å². The molecule has 1 fully saturated rings. The number of benzene rings is 2. The first kappa shape index (κ1) is 23.0. The second kappa shape index (κ2) is 8.97. The number of hydrogen-bond acceptors (Lipinski definition) is 4. The van der Waals surface area contributed by atoms with Crippen molar-refractivity contribution in [2.75, 3.05) is 18.0 Å². The lowest BCUT2D eigenvalue weighted by Crippen LogP contribution is -2.51. The van der Waals surface area contributed by atoms with Crippen LogP contribution in [0, 0.1) is 12.7 Å². The lowest BCUT2D eigenvalue weighted by molar-refractivity contribution is -0.141. The Hall–Kier alpha value is -3.20. The van der Waals surface area contributed by atoms with E-state index in [4.69, 9.17) is 0 Å². The molecule has 0 atom stereocenters. The Balaban J connectivity index is 1.46. The van der Waals surface area contributed by atoms with Crippen molar-refractivity contribution in [1.29, 1.82) is 0 Å². The highest BCUT2D eigenvalue weighted by Crippen LogP contribution is 2.30. The van der Waals surface area contributed by atoms with Gasteiger partial charge in [0, 0.05) is 31.6 Å².